The second-order valence-corrected chi connectivity index (χ2v) is 8.95. The molecule has 168 valence electrons. The Hall–Kier alpha value is -2.79. The van der Waals surface area contributed by atoms with Crippen LogP contribution in [-0.2, 0) is 17.1 Å². The minimum absolute atomic E-state index is 0.128. The van der Waals surface area contributed by atoms with Crippen LogP contribution in [-0.4, -0.2) is 49.6 Å². The van der Waals surface area contributed by atoms with Gasteiger partial charge in [-0.05, 0) is 39.0 Å². The fraction of sp³-hybridized carbons (Fsp3) is 0.381. The molecule has 1 aromatic carbocycles. The van der Waals surface area contributed by atoms with Crippen LogP contribution in [0.15, 0.2) is 34.6 Å². The molecule has 0 radical (unpaired) electrons. The summed E-state index contributed by atoms with van der Waals surface area (Å²) in [6.07, 6.45) is 0. The molecule has 0 unspecified atom stereocenters. The lowest BCUT2D eigenvalue weighted by Gasteiger charge is -2.19. The molecule has 0 aliphatic carbocycles. The SMILES string of the molecule is CCn1c(CSc2nc(C)cc(C)n2)nnc1SCC(=O)Nc1ccc2c(c1)OCCO2. The Balaban J connectivity index is 1.34. The number of thioether (sulfide) groups is 2. The molecule has 0 spiro atoms. The summed E-state index contributed by atoms with van der Waals surface area (Å²) in [7, 11) is 0. The molecule has 2 aromatic heterocycles. The average Bonchev–Trinajstić information content (AvgIpc) is 3.17. The van der Waals surface area contributed by atoms with Crippen molar-refractivity contribution in [3.05, 3.63) is 41.5 Å². The first-order valence-electron chi connectivity index (χ1n) is 10.2. The third-order valence-corrected chi connectivity index (χ3v) is 6.37. The van der Waals surface area contributed by atoms with Crippen molar-refractivity contribution in [2.75, 3.05) is 24.3 Å². The van der Waals surface area contributed by atoms with Gasteiger partial charge in [0.05, 0.1) is 11.5 Å². The first-order valence-corrected chi connectivity index (χ1v) is 12.2. The molecule has 0 fully saturated rings. The summed E-state index contributed by atoms with van der Waals surface area (Å²) in [5.41, 5.74) is 2.55. The van der Waals surface area contributed by atoms with Crippen molar-refractivity contribution >= 4 is 35.1 Å². The van der Waals surface area contributed by atoms with Crippen molar-refractivity contribution in [3.8, 4) is 11.5 Å². The van der Waals surface area contributed by atoms with Crippen molar-refractivity contribution in [1.29, 1.82) is 0 Å². The highest BCUT2D eigenvalue weighted by Gasteiger charge is 2.16. The highest BCUT2D eigenvalue weighted by Crippen LogP contribution is 2.32. The monoisotopic (exact) mass is 472 g/mol. The van der Waals surface area contributed by atoms with Gasteiger partial charge in [0.15, 0.2) is 21.8 Å². The molecule has 0 atom stereocenters. The number of hydrogen-bond acceptors (Lipinski definition) is 9. The average molecular weight is 473 g/mol. The van der Waals surface area contributed by atoms with Crippen molar-refractivity contribution < 1.29 is 14.3 Å². The lowest BCUT2D eigenvalue weighted by molar-refractivity contribution is -0.113. The van der Waals surface area contributed by atoms with Gasteiger partial charge in [-0.2, -0.15) is 0 Å². The van der Waals surface area contributed by atoms with Crippen LogP contribution in [0.1, 0.15) is 24.1 Å². The maximum Gasteiger partial charge on any atom is 0.234 e. The summed E-state index contributed by atoms with van der Waals surface area (Å²) in [6.45, 7) is 7.69. The summed E-state index contributed by atoms with van der Waals surface area (Å²) in [5, 5.41) is 12.9. The zero-order chi connectivity index (χ0) is 22.5. The third-order valence-electron chi connectivity index (χ3n) is 4.56. The lowest BCUT2D eigenvalue weighted by atomic mass is 10.2. The molecule has 3 heterocycles. The number of aromatic nitrogens is 5. The fourth-order valence-corrected chi connectivity index (χ4v) is 4.90. The molecule has 0 bridgehead atoms. The van der Waals surface area contributed by atoms with Gasteiger partial charge in [-0.3, -0.25) is 4.79 Å². The largest absolute Gasteiger partial charge is 0.486 e. The summed E-state index contributed by atoms with van der Waals surface area (Å²) < 4.78 is 13.1. The van der Waals surface area contributed by atoms with Crippen molar-refractivity contribution in [3.63, 3.8) is 0 Å². The number of fused-ring (bicyclic) bond motifs is 1. The van der Waals surface area contributed by atoms with E-state index in [-0.39, 0.29) is 11.7 Å². The number of aryl methyl sites for hydroxylation is 2. The number of ether oxygens (including phenoxy) is 2. The van der Waals surface area contributed by atoms with E-state index in [2.05, 4.69) is 25.5 Å². The number of anilines is 1. The highest BCUT2D eigenvalue weighted by molar-refractivity contribution is 7.99. The second kappa shape index (κ2) is 10.2. The third kappa shape index (κ3) is 5.52. The lowest BCUT2D eigenvalue weighted by Crippen LogP contribution is -2.17. The standard InChI is InChI=1S/C21H24N6O3S2/c1-4-27-18(11-31-20-22-13(2)9-14(3)23-20)25-26-21(27)32-12-19(28)24-15-5-6-16-17(10-15)30-8-7-29-16/h5-6,9-10H,4,7-8,11-12H2,1-3H3,(H,24,28). The second-order valence-electron chi connectivity index (χ2n) is 7.06. The van der Waals surface area contributed by atoms with Crippen LogP contribution in [0.25, 0.3) is 0 Å². The van der Waals surface area contributed by atoms with E-state index in [9.17, 15) is 4.79 Å². The van der Waals surface area contributed by atoms with E-state index in [0.29, 0.717) is 47.9 Å². The van der Waals surface area contributed by atoms with Crippen LogP contribution in [0.2, 0.25) is 0 Å². The number of nitrogens with one attached hydrogen (secondary N) is 1. The maximum absolute atomic E-state index is 12.5. The van der Waals surface area contributed by atoms with Gasteiger partial charge < -0.3 is 19.4 Å². The number of carbonyl (C=O) groups excluding carboxylic acids is 1. The van der Waals surface area contributed by atoms with Crippen LogP contribution in [0.4, 0.5) is 5.69 Å². The Morgan fingerprint density at radius 1 is 1.06 bits per heavy atom. The van der Waals surface area contributed by atoms with Crippen LogP contribution in [0.3, 0.4) is 0 Å². The van der Waals surface area contributed by atoms with E-state index >= 15 is 0 Å². The molecular weight excluding hydrogens is 448 g/mol. The highest BCUT2D eigenvalue weighted by atomic mass is 32.2. The van der Waals surface area contributed by atoms with E-state index in [1.165, 1.54) is 23.5 Å². The van der Waals surface area contributed by atoms with Gasteiger partial charge in [-0.25, -0.2) is 9.97 Å². The molecule has 1 aliphatic rings. The number of nitrogens with zero attached hydrogens (tertiary/aromatic N) is 5. The minimum Gasteiger partial charge on any atom is -0.486 e. The molecule has 1 amide bonds. The molecule has 4 rings (SSSR count). The Morgan fingerprint density at radius 3 is 2.56 bits per heavy atom. The number of rotatable bonds is 8. The molecule has 0 saturated heterocycles. The van der Waals surface area contributed by atoms with Crippen LogP contribution >= 0.6 is 23.5 Å². The van der Waals surface area contributed by atoms with Crippen molar-refractivity contribution in [2.45, 2.75) is 43.4 Å². The van der Waals surface area contributed by atoms with Crippen LogP contribution in [0, 0.1) is 13.8 Å². The number of hydrogen-bond donors (Lipinski definition) is 1. The van der Waals surface area contributed by atoms with Gasteiger partial charge in [0.25, 0.3) is 0 Å². The Morgan fingerprint density at radius 2 is 1.81 bits per heavy atom. The quantitative estimate of drug-likeness (QED) is 0.390. The number of benzene rings is 1. The van der Waals surface area contributed by atoms with Gasteiger partial charge in [-0.1, -0.05) is 23.5 Å². The molecular formula is C21H24N6O3S2. The normalized spacial score (nSPS) is 12.6. The van der Waals surface area contributed by atoms with Crippen molar-refractivity contribution in [2.24, 2.45) is 0 Å². The zero-order valence-corrected chi connectivity index (χ0v) is 19.8. The van der Waals surface area contributed by atoms with Gasteiger partial charge in [-0.15, -0.1) is 10.2 Å². The summed E-state index contributed by atoms with van der Waals surface area (Å²) in [6, 6.07) is 7.32. The van der Waals surface area contributed by atoms with Gasteiger partial charge in [0.1, 0.15) is 19.0 Å². The number of carbonyl (C=O) groups is 1. The predicted molar refractivity (Wildman–Crippen MR) is 124 cm³/mol. The van der Waals surface area contributed by atoms with Gasteiger partial charge in [0, 0.05) is 29.7 Å². The van der Waals surface area contributed by atoms with E-state index in [4.69, 9.17) is 9.47 Å². The van der Waals surface area contributed by atoms with E-state index in [0.717, 1.165) is 22.4 Å². The zero-order valence-electron chi connectivity index (χ0n) is 18.1. The Bertz CT molecular complexity index is 1100. The summed E-state index contributed by atoms with van der Waals surface area (Å²) in [4.78, 5) is 21.4. The minimum atomic E-state index is -0.128. The molecule has 9 nitrogen and oxygen atoms in total. The van der Waals surface area contributed by atoms with Gasteiger partial charge >= 0.3 is 0 Å². The predicted octanol–water partition coefficient (Wildman–Crippen LogP) is 3.50. The first-order chi connectivity index (χ1) is 15.5. The molecule has 3 aromatic rings. The molecule has 1 N–H and O–H groups in total. The van der Waals surface area contributed by atoms with E-state index in [1.807, 2.05) is 31.4 Å². The number of amides is 1. The van der Waals surface area contributed by atoms with Crippen LogP contribution < -0.4 is 14.8 Å². The summed E-state index contributed by atoms with van der Waals surface area (Å²) >= 11 is 2.88. The fourth-order valence-electron chi connectivity index (χ4n) is 3.19. The maximum atomic E-state index is 12.5. The molecule has 11 heteroatoms. The first kappa shape index (κ1) is 22.4. The van der Waals surface area contributed by atoms with Crippen LogP contribution in [0.5, 0.6) is 11.5 Å². The molecule has 1 aliphatic heterocycles. The molecule has 0 saturated carbocycles. The van der Waals surface area contributed by atoms with E-state index in [1.54, 1.807) is 18.2 Å². The van der Waals surface area contributed by atoms with E-state index < -0.39 is 0 Å². The Labute approximate surface area is 194 Å². The van der Waals surface area contributed by atoms with Crippen molar-refractivity contribution in [1.82, 2.24) is 24.7 Å². The topological polar surface area (TPSA) is 104 Å². The smallest absolute Gasteiger partial charge is 0.234 e. The Kier molecular flexibility index (Phi) is 7.15. The molecule has 32 heavy (non-hydrogen) atoms. The summed E-state index contributed by atoms with van der Waals surface area (Å²) in [5.74, 6) is 2.86. The van der Waals surface area contributed by atoms with Gasteiger partial charge in [0.2, 0.25) is 5.91 Å².